The van der Waals surface area contributed by atoms with Gasteiger partial charge in [-0.3, -0.25) is 0 Å². The van der Waals surface area contributed by atoms with Gasteiger partial charge in [0.2, 0.25) is 0 Å². The third kappa shape index (κ3) is 8.47. The molecule has 0 unspecified atom stereocenters. The van der Waals surface area contributed by atoms with Crippen LogP contribution in [0, 0.1) is 36.3 Å². The number of aromatic nitrogens is 2. The summed E-state index contributed by atoms with van der Waals surface area (Å²) in [6, 6.07) is 41.4. The predicted molar refractivity (Wildman–Crippen MR) is 255 cm³/mol. The summed E-state index contributed by atoms with van der Waals surface area (Å²) in [4.78, 5) is 9.14. The van der Waals surface area contributed by atoms with Gasteiger partial charge in [-0.1, -0.05) is 105 Å². The summed E-state index contributed by atoms with van der Waals surface area (Å²) in [6.45, 7) is 23.5. The van der Waals surface area contributed by atoms with Crippen molar-refractivity contribution in [1.82, 2.24) is 9.55 Å². The summed E-state index contributed by atoms with van der Waals surface area (Å²) in [5.41, 5.74) is 9.33. The zero-order valence-electron chi connectivity index (χ0n) is 38.3. The van der Waals surface area contributed by atoms with Crippen LogP contribution in [0.15, 0.2) is 115 Å². The summed E-state index contributed by atoms with van der Waals surface area (Å²) in [5.74, 6) is -0.995. The van der Waals surface area contributed by atoms with Crippen molar-refractivity contribution in [2.75, 3.05) is 9.80 Å². The number of ether oxygens (including phenoxy) is 1. The Morgan fingerprint density at radius 1 is 0.631 bits per heavy atom. The number of nitrogens with zero attached hydrogens (tertiary/aromatic N) is 4. The van der Waals surface area contributed by atoms with Crippen LogP contribution in [0.5, 0.6) is 11.5 Å². The van der Waals surface area contributed by atoms with E-state index in [4.69, 9.17) is 9.72 Å². The van der Waals surface area contributed by atoms with Gasteiger partial charge >= 0.3 is 0 Å². The second kappa shape index (κ2) is 17.2. The molecule has 0 aliphatic carbocycles. The first kappa shape index (κ1) is 45.7. The van der Waals surface area contributed by atoms with Gasteiger partial charge in [-0.25, -0.2) is 18.2 Å². The Bertz CT molecular complexity index is 3050. The average Bonchev–Trinajstić information content (AvgIpc) is 3.78. The van der Waals surface area contributed by atoms with Crippen molar-refractivity contribution in [3.8, 4) is 28.4 Å². The molecule has 65 heavy (non-hydrogen) atoms. The van der Waals surface area contributed by atoms with Crippen molar-refractivity contribution < 1.29 is 39.0 Å². The molecule has 6 aromatic carbocycles. The van der Waals surface area contributed by atoms with Gasteiger partial charge in [-0.15, -0.1) is 53.6 Å². The summed E-state index contributed by atoms with van der Waals surface area (Å²) >= 11 is 0. The van der Waals surface area contributed by atoms with Gasteiger partial charge in [0.1, 0.15) is 23.3 Å². The Morgan fingerprint density at radius 2 is 1.25 bits per heavy atom. The largest absolute Gasteiger partial charge is 0.509 e. The molecule has 5 nitrogen and oxygen atoms in total. The topological polar surface area (TPSA) is 33.5 Å². The van der Waals surface area contributed by atoms with E-state index in [9.17, 15) is 4.39 Å². The fourth-order valence-electron chi connectivity index (χ4n) is 8.73. The molecule has 336 valence electrons. The Labute approximate surface area is 395 Å². The average molecular weight is 1050 g/mol. The minimum absolute atomic E-state index is 0. The molecular formula is C56H52F3N4OPt-3. The molecule has 3 heterocycles. The molecule has 1 aliphatic rings. The van der Waals surface area contributed by atoms with Crippen LogP contribution in [0.4, 0.5) is 35.9 Å². The van der Waals surface area contributed by atoms with Crippen LogP contribution in [0.2, 0.25) is 0 Å². The molecular weight excluding hydrogens is 997 g/mol. The van der Waals surface area contributed by atoms with Crippen molar-refractivity contribution in [2.24, 2.45) is 0 Å². The molecule has 0 bridgehead atoms. The van der Waals surface area contributed by atoms with E-state index in [2.05, 4.69) is 157 Å². The number of halogens is 3. The van der Waals surface area contributed by atoms with Gasteiger partial charge in [0, 0.05) is 73.5 Å². The first-order chi connectivity index (χ1) is 30.4. The normalized spacial score (nSPS) is 13.0. The quantitative estimate of drug-likeness (QED) is 0.142. The van der Waals surface area contributed by atoms with E-state index < -0.39 is 17.5 Å². The van der Waals surface area contributed by atoms with Gasteiger partial charge in [0.25, 0.3) is 0 Å². The summed E-state index contributed by atoms with van der Waals surface area (Å²) in [7, 11) is 0. The van der Waals surface area contributed by atoms with E-state index in [1.54, 1.807) is 0 Å². The Morgan fingerprint density at radius 3 is 1.88 bits per heavy atom. The zero-order chi connectivity index (χ0) is 45.4. The Kier molecular flexibility index (Phi) is 12.1. The molecule has 0 spiro atoms. The Balaban J connectivity index is 0.00000576. The molecule has 0 saturated carbocycles. The second-order valence-electron chi connectivity index (χ2n) is 19.5. The van der Waals surface area contributed by atoms with Crippen LogP contribution in [0.25, 0.3) is 38.8 Å². The maximum absolute atomic E-state index is 15.3. The van der Waals surface area contributed by atoms with Crippen LogP contribution in [-0.4, -0.2) is 9.55 Å². The maximum atomic E-state index is 15.3. The minimum atomic E-state index is -0.953. The smallest absolute Gasteiger partial charge is 0.136 e. The van der Waals surface area contributed by atoms with Crippen LogP contribution in [0.1, 0.15) is 103 Å². The number of fused-ring (bicyclic) bond motifs is 4. The first-order valence-electron chi connectivity index (χ1n) is 21.9. The SMILES string of the molecule is CC(C)c1cc(-c2c(F)cc(F)cc2F)cc(C(C)C)c1N1[CH-]N(c2[c-]c(Oc3[c-]c4c(cc3)c3ccccc3n4-c3cc(C(C)(C)C)ccn3)cc(C(C)(C)C)c2)c2ccccc21.[Pt]. The molecule has 9 heteroatoms. The molecule has 8 aromatic rings. The molecule has 2 aromatic heterocycles. The third-order valence-corrected chi connectivity index (χ3v) is 12.2. The maximum Gasteiger partial charge on any atom is 0.136 e. The van der Waals surface area contributed by atoms with Gasteiger partial charge in [-0.2, -0.15) is 6.07 Å². The van der Waals surface area contributed by atoms with Gasteiger partial charge in [-0.05, 0) is 92.8 Å². The van der Waals surface area contributed by atoms with E-state index in [0.29, 0.717) is 17.1 Å². The van der Waals surface area contributed by atoms with E-state index in [1.807, 2.05) is 48.7 Å². The molecule has 0 radical (unpaired) electrons. The number of para-hydroxylation sites is 3. The van der Waals surface area contributed by atoms with E-state index in [1.165, 1.54) is 5.56 Å². The fourth-order valence-corrected chi connectivity index (χ4v) is 8.73. The van der Waals surface area contributed by atoms with Gasteiger partial charge < -0.3 is 19.1 Å². The number of anilines is 4. The molecule has 0 saturated heterocycles. The number of hydrogen-bond donors (Lipinski definition) is 0. The van der Waals surface area contributed by atoms with Crippen molar-refractivity contribution in [1.29, 1.82) is 0 Å². The van der Waals surface area contributed by atoms with Gasteiger partial charge in [0.15, 0.2) is 0 Å². The van der Waals surface area contributed by atoms with Crippen molar-refractivity contribution >= 4 is 44.6 Å². The van der Waals surface area contributed by atoms with Crippen LogP contribution >= 0.6 is 0 Å². The standard InChI is InChI=1S/C56H52F3N4O.Pt/c1-33(2)44-23-35(53-46(58)28-38(57)29-47(53)59)24-45(34(3)4)54(44)62-32-61(49-17-13-14-18-50(49)62)39-25-37(56(8,9)10)26-41(30-39)64-40-19-20-43-42-15-11-12-16-48(42)63(51(43)31-40)52-27-36(21-22-60-52)55(5,6)7;/h11-29,32-34H,1-10H3;/q-3;. The number of rotatable bonds is 8. The van der Waals surface area contributed by atoms with E-state index in [-0.39, 0.29) is 49.3 Å². The molecule has 0 fully saturated rings. The monoisotopic (exact) mass is 1050 g/mol. The molecule has 1 aliphatic heterocycles. The summed E-state index contributed by atoms with van der Waals surface area (Å²) in [5, 5.41) is 2.15. The van der Waals surface area contributed by atoms with Crippen molar-refractivity contribution in [2.45, 2.75) is 91.9 Å². The minimum Gasteiger partial charge on any atom is -0.509 e. The van der Waals surface area contributed by atoms with Crippen LogP contribution in [-0.2, 0) is 31.9 Å². The molecule has 0 amide bonds. The molecule has 0 atom stereocenters. The number of hydrogen-bond acceptors (Lipinski definition) is 4. The number of benzene rings is 6. The Hall–Kier alpha value is -5.85. The molecule has 0 N–H and O–H groups in total. The summed E-state index contributed by atoms with van der Waals surface area (Å²) < 4.78 is 53.6. The predicted octanol–water partition coefficient (Wildman–Crippen LogP) is 15.9. The first-order valence-corrected chi connectivity index (χ1v) is 21.9. The van der Waals surface area contributed by atoms with Crippen LogP contribution < -0.4 is 14.5 Å². The number of pyridine rings is 1. The van der Waals surface area contributed by atoms with Crippen LogP contribution in [0.3, 0.4) is 0 Å². The molecule has 9 rings (SSSR count). The van der Waals surface area contributed by atoms with Crippen molar-refractivity contribution in [3.63, 3.8) is 0 Å². The second-order valence-corrected chi connectivity index (χ2v) is 19.5. The van der Waals surface area contributed by atoms with E-state index in [0.717, 1.165) is 79.2 Å². The third-order valence-electron chi connectivity index (χ3n) is 12.2. The van der Waals surface area contributed by atoms with Crippen molar-refractivity contribution in [3.05, 3.63) is 174 Å². The summed E-state index contributed by atoms with van der Waals surface area (Å²) in [6.07, 6.45) is 1.87. The zero-order valence-corrected chi connectivity index (χ0v) is 40.6. The van der Waals surface area contributed by atoms with Gasteiger partial charge in [0.05, 0.1) is 5.56 Å². The van der Waals surface area contributed by atoms with E-state index >= 15 is 8.78 Å². The fraction of sp³-hybridized carbons (Fsp3) is 0.250.